The Hall–Kier alpha value is -3.69. The second-order valence-corrected chi connectivity index (χ2v) is 5.69. The van der Waals surface area contributed by atoms with Crippen molar-refractivity contribution < 1.29 is 18.7 Å². The summed E-state index contributed by atoms with van der Waals surface area (Å²) in [6.07, 6.45) is 1.94. The zero-order chi connectivity index (χ0) is 18.4. The van der Waals surface area contributed by atoms with Crippen molar-refractivity contribution in [1.82, 2.24) is 19.8 Å². The lowest BCUT2D eigenvalue weighted by molar-refractivity contribution is -0.0544. The number of H-pyrrole nitrogens is 1. The number of aromatic nitrogens is 4. The molecular weight excluding hydrogens is 346 g/mol. The van der Waals surface area contributed by atoms with E-state index in [1.54, 1.807) is 31.5 Å². The van der Waals surface area contributed by atoms with Crippen molar-refractivity contribution >= 4 is 34.0 Å². The van der Waals surface area contributed by atoms with Crippen LogP contribution in [0.5, 0.6) is 0 Å². The van der Waals surface area contributed by atoms with Gasteiger partial charge in [-0.15, -0.1) is 5.10 Å². The molecule has 10 heteroatoms. The lowest BCUT2D eigenvalue weighted by atomic mass is 9.96. The first-order valence-corrected chi connectivity index (χ1v) is 7.49. The summed E-state index contributed by atoms with van der Waals surface area (Å²) in [7, 11) is 0. The lowest BCUT2D eigenvalue weighted by Crippen LogP contribution is -2.09. The molecule has 0 radical (unpaired) electrons. The van der Waals surface area contributed by atoms with Crippen LogP contribution in [-0.4, -0.2) is 25.9 Å². The maximum absolute atomic E-state index is 14.5. The van der Waals surface area contributed by atoms with Crippen LogP contribution in [0.3, 0.4) is 0 Å². The van der Waals surface area contributed by atoms with Gasteiger partial charge in [-0.05, 0) is 35.7 Å². The van der Waals surface area contributed by atoms with Crippen LogP contribution in [0.2, 0.25) is 0 Å². The molecule has 0 saturated heterocycles. The molecule has 0 aliphatic rings. The normalized spacial score (nSPS) is 11.2. The molecular formula is C16H12F2N6O2. The fourth-order valence-corrected chi connectivity index (χ4v) is 3.01. The topological polar surface area (TPSA) is 110 Å². The van der Waals surface area contributed by atoms with Crippen LogP contribution in [0.1, 0.15) is 5.56 Å². The molecule has 0 atom stereocenters. The van der Waals surface area contributed by atoms with Crippen LogP contribution < -0.4 is 11.1 Å². The number of hydrogen-bond acceptors (Lipinski definition) is 5. The Morgan fingerprint density at radius 3 is 3.00 bits per heavy atom. The number of hydrogen-bond donors (Lipinski definition) is 3. The van der Waals surface area contributed by atoms with E-state index >= 15 is 0 Å². The highest BCUT2D eigenvalue weighted by atomic mass is 19.3. The number of pyridine rings is 1. The first-order valence-electron chi connectivity index (χ1n) is 7.49. The van der Waals surface area contributed by atoms with Crippen molar-refractivity contribution in [2.24, 2.45) is 0 Å². The monoisotopic (exact) mass is 358 g/mol. The number of fused-ring (bicyclic) bond motifs is 2. The summed E-state index contributed by atoms with van der Waals surface area (Å²) in [6.45, 7) is 1.64. The third-order valence-electron chi connectivity index (χ3n) is 4.17. The highest BCUT2D eigenvalue weighted by Gasteiger charge is 2.18. The highest BCUT2D eigenvalue weighted by Crippen LogP contribution is 2.37. The average molecular weight is 358 g/mol. The lowest BCUT2D eigenvalue weighted by Gasteiger charge is -2.11. The van der Waals surface area contributed by atoms with Crippen LogP contribution in [0.25, 0.3) is 27.5 Å². The Morgan fingerprint density at radius 1 is 1.42 bits per heavy atom. The number of carbonyl (C=O) groups excluding carboxylic acids is 1. The fraction of sp³-hybridized carbons (Fsp3) is 0.0625. The standard InChI is InChI=1S/C16H12F2N6O2/c1-7-12(10-6-20-22-15(10)14(19)13(7)17)8-2-3-24-9(4-8)5-11(23-24)21-16(25)26-18/h2-6H,19H2,1H3,(H,20,22)(H,21,23,25). The Morgan fingerprint density at radius 2 is 2.23 bits per heavy atom. The molecule has 0 aliphatic carbocycles. The molecule has 3 heterocycles. The average Bonchev–Trinajstić information content (AvgIpc) is 3.26. The van der Waals surface area contributed by atoms with E-state index in [9.17, 15) is 13.7 Å². The smallest absolute Gasteiger partial charge is 0.395 e. The summed E-state index contributed by atoms with van der Waals surface area (Å²) in [5.74, 6) is -0.406. The van der Waals surface area contributed by atoms with Gasteiger partial charge >= 0.3 is 6.09 Å². The van der Waals surface area contributed by atoms with Crippen molar-refractivity contribution in [3.05, 3.63) is 42.0 Å². The van der Waals surface area contributed by atoms with Gasteiger partial charge in [0.1, 0.15) is 0 Å². The van der Waals surface area contributed by atoms with Crippen molar-refractivity contribution in [2.75, 3.05) is 11.1 Å². The van der Waals surface area contributed by atoms with Crippen molar-refractivity contribution in [3.8, 4) is 11.1 Å². The van der Waals surface area contributed by atoms with Gasteiger partial charge in [-0.2, -0.15) is 5.10 Å². The number of halogens is 2. The second-order valence-electron chi connectivity index (χ2n) is 5.69. The quantitative estimate of drug-likeness (QED) is 0.476. The number of nitrogens with two attached hydrogens (primary N) is 1. The molecule has 0 spiro atoms. The van der Waals surface area contributed by atoms with Gasteiger partial charge in [-0.3, -0.25) is 10.4 Å². The predicted octanol–water partition coefficient (Wildman–Crippen LogP) is 3.34. The fourth-order valence-electron chi connectivity index (χ4n) is 3.01. The number of rotatable bonds is 2. The van der Waals surface area contributed by atoms with E-state index in [0.29, 0.717) is 33.1 Å². The van der Waals surface area contributed by atoms with Gasteiger partial charge in [-0.1, -0.05) is 0 Å². The van der Waals surface area contributed by atoms with Crippen molar-refractivity contribution in [1.29, 1.82) is 0 Å². The van der Waals surface area contributed by atoms with Gasteiger partial charge in [0.2, 0.25) is 0 Å². The third kappa shape index (κ3) is 2.31. The molecule has 26 heavy (non-hydrogen) atoms. The molecule has 4 aromatic rings. The number of benzene rings is 1. The Bertz CT molecular complexity index is 1170. The number of carbonyl (C=O) groups is 1. The summed E-state index contributed by atoms with van der Waals surface area (Å²) in [4.78, 5) is 14.0. The minimum absolute atomic E-state index is 0.0143. The minimum atomic E-state index is -1.27. The van der Waals surface area contributed by atoms with E-state index in [2.05, 4.69) is 25.6 Å². The molecule has 0 aliphatic heterocycles. The van der Waals surface area contributed by atoms with Crippen LogP contribution in [0.15, 0.2) is 30.6 Å². The van der Waals surface area contributed by atoms with Crippen LogP contribution in [0, 0.1) is 12.7 Å². The summed E-state index contributed by atoms with van der Waals surface area (Å²) in [5, 5.41) is 13.5. The van der Waals surface area contributed by atoms with Gasteiger partial charge in [0.15, 0.2) is 11.6 Å². The zero-order valence-electron chi connectivity index (χ0n) is 13.4. The molecule has 0 unspecified atom stereocenters. The molecule has 132 valence electrons. The van der Waals surface area contributed by atoms with E-state index in [1.165, 1.54) is 10.6 Å². The Labute approximate surface area is 144 Å². The molecule has 1 aromatic carbocycles. The summed E-state index contributed by atoms with van der Waals surface area (Å²) in [5.41, 5.74) is 8.60. The molecule has 4 rings (SSSR count). The number of anilines is 2. The van der Waals surface area contributed by atoms with E-state index in [0.717, 1.165) is 0 Å². The molecule has 4 N–H and O–H groups in total. The van der Waals surface area contributed by atoms with Gasteiger partial charge in [0.25, 0.3) is 0 Å². The highest BCUT2D eigenvalue weighted by molar-refractivity contribution is 6.02. The maximum atomic E-state index is 14.5. The first-order chi connectivity index (χ1) is 12.5. The predicted molar refractivity (Wildman–Crippen MR) is 90.6 cm³/mol. The number of aromatic amines is 1. The van der Waals surface area contributed by atoms with Gasteiger partial charge in [-0.25, -0.2) is 18.6 Å². The zero-order valence-corrected chi connectivity index (χ0v) is 13.4. The van der Waals surface area contributed by atoms with Crippen LogP contribution in [0.4, 0.5) is 25.2 Å². The molecule has 0 fully saturated rings. The molecule has 3 aromatic heterocycles. The number of nitrogens with zero attached hydrogens (tertiary/aromatic N) is 3. The number of nitrogens with one attached hydrogen (secondary N) is 2. The number of amides is 1. The largest absolute Gasteiger partial charge is 0.450 e. The van der Waals surface area contributed by atoms with Gasteiger partial charge < -0.3 is 5.73 Å². The van der Waals surface area contributed by atoms with Gasteiger partial charge in [0, 0.05) is 22.2 Å². The number of nitrogen functional groups attached to an aromatic ring is 1. The molecule has 0 saturated carbocycles. The van der Waals surface area contributed by atoms with Crippen molar-refractivity contribution in [2.45, 2.75) is 6.92 Å². The van der Waals surface area contributed by atoms with Crippen molar-refractivity contribution in [3.63, 3.8) is 0 Å². The van der Waals surface area contributed by atoms with E-state index in [1.807, 2.05) is 0 Å². The van der Waals surface area contributed by atoms with Crippen LogP contribution in [-0.2, 0) is 4.94 Å². The minimum Gasteiger partial charge on any atom is -0.395 e. The first kappa shape index (κ1) is 15.8. The summed E-state index contributed by atoms with van der Waals surface area (Å²) < 4.78 is 27.8. The molecule has 8 nitrogen and oxygen atoms in total. The van der Waals surface area contributed by atoms with E-state index < -0.39 is 11.9 Å². The maximum Gasteiger partial charge on any atom is 0.450 e. The SMILES string of the molecule is Cc1c(F)c(N)c2[nH]ncc2c1-c1ccn2nc(NC(=O)OF)cc2c1. The third-order valence-corrected chi connectivity index (χ3v) is 4.17. The van der Waals surface area contributed by atoms with Crippen LogP contribution >= 0.6 is 0 Å². The van der Waals surface area contributed by atoms with Gasteiger partial charge in [0.05, 0.1) is 22.9 Å². The van der Waals surface area contributed by atoms with E-state index in [4.69, 9.17) is 5.73 Å². The molecule has 0 bridgehead atoms. The molecule has 1 amide bonds. The Kier molecular flexibility index (Phi) is 3.46. The summed E-state index contributed by atoms with van der Waals surface area (Å²) in [6, 6.07) is 5.01. The van der Waals surface area contributed by atoms with E-state index in [-0.39, 0.29) is 11.5 Å². The Balaban J connectivity index is 1.89. The second kappa shape index (κ2) is 5.69. The summed E-state index contributed by atoms with van der Waals surface area (Å²) >= 11 is 0.